The monoisotopic (exact) mass is 362 g/mol. The van der Waals surface area contributed by atoms with Crippen LogP contribution in [-0.2, 0) is 0 Å². The van der Waals surface area contributed by atoms with Crippen LogP contribution in [0.4, 0.5) is 5.82 Å². The van der Waals surface area contributed by atoms with Gasteiger partial charge in [0, 0.05) is 31.4 Å². The van der Waals surface area contributed by atoms with Gasteiger partial charge in [-0.05, 0) is 52.3 Å². The smallest absolute Gasteiger partial charge is 0.253 e. The van der Waals surface area contributed by atoms with E-state index >= 15 is 0 Å². The molecule has 2 heterocycles. The molecule has 1 atom stereocenters. The van der Waals surface area contributed by atoms with Gasteiger partial charge in [0.05, 0.1) is 5.56 Å². The number of carbonyl (C=O) groups excluding carboxylic acids is 1. The normalized spacial score (nSPS) is 17.0. The van der Waals surface area contributed by atoms with Crippen LogP contribution in [0.1, 0.15) is 44.0 Å². The fourth-order valence-corrected chi connectivity index (χ4v) is 2.73. The van der Waals surface area contributed by atoms with E-state index in [1.807, 2.05) is 12.1 Å². The molecule has 132 valence electrons. The molecule has 2 N–H and O–H groups in total. The topological polar surface area (TPSA) is 57.3 Å². The first-order chi connectivity index (χ1) is 10.1. The van der Waals surface area contributed by atoms with E-state index in [1.165, 1.54) is 0 Å². The zero-order chi connectivity index (χ0) is 15.2. The van der Waals surface area contributed by atoms with Crippen LogP contribution in [0.15, 0.2) is 18.3 Å². The van der Waals surface area contributed by atoms with Crippen LogP contribution in [0.5, 0.6) is 0 Å². The SMILES string of the molecule is CCN(c1ccc(C(=O)N[C@H]2CCCNC2)cn1)C(C)C.Cl.Cl. The Hall–Kier alpha value is -1.04. The molecule has 0 unspecified atom stereocenters. The van der Waals surface area contributed by atoms with Crippen LogP contribution in [0.2, 0.25) is 0 Å². The summed E-state index contributed by atoms with van der Waals surface area (Å²) in [6.07, 6.45) is 3.83. The third kappa shape index (κ3) is 6.16. The molecule has 7 heteroatoms. The van der Waals surface area contributed by atoms with Gasteiger partial charge in [-0.2, -0.15) is 0 Å². The number of aromatic nitrogens is 1. The molecule has 1 amide bonds. The second kappa shape index (κ2) is 10.7. The summed E-state index contributed by atoms with van der Waals surface area (Å²) >= 11 is 0. The summed E-state index contributed by atoms with van der Waals surface area (Å²) < 4.78 is 0. The molecule has 1 aliphatic rings. The second-order valence-corrected chi connectivity index (χ2v) is 5.80. The second-order valence-electron chi connectivity index (χ2n) is 5.80. The summed E-state index contributed by atoms with van der Waals surface area (Å²) in [4.78, 5) is 18.8. The Labute approximate surface area is 151 Å². The lowest BCUT2D eigenvalue weighted by Gasteiger charge is -2.26. The predicted molar refractivity (Wildman–Crippen MR) is 100 cm³/mol. The van der Waals surface area contributed by atoms with Crippen molar-refractivity contribution in [2.75, 3.05) is 24.5 Å². The maximum Gasteiger partial charge on any atom is 0.253 e. The summed E-state index contributed by atoms with van der Waals surface area (Å²) in [7, 11) is 0. The minimum atomic E-state index is -0.0321. The Kier molecular flexibility index (Phi) is 10.2. The maximum atomic E-state index is 12.2. The van der Waals surface area contributed by atoms with Gasteiger partial charge in [0.25, 0.3) is 5.91 Å². The van der Waals surface area contributed by atoms with Gasteiger partial charge in [-0.1, -0.05) is 0 Å². The molecule has 0 aromatic carbocycles. The third-order valence-corrected chi connectivity index (χ3v) is 3.90. The molecule has 0 aliphatic carbocycles. The molecule has 23 heavy (non-hydrogen) atoms. The van der Waals surface area contributed by atoms with Gasteiger partial charge < -0.3 is 15.5 Å². The number of halogens is 2. The molecule has 1 aromatic rings. The van der Waals surface area contributed by atoms with E-state index in [0.717, 1.165) is 38.3 Å². The Morgan fingerprint density at radius 2 is 2.17 bits per heavy atom. The van der Waals surface area contributed by atoms with E-state index in [0.29, 0.717) is 11.6 Å². The van der Waals surface area contributed by atoms with Crippen LogP contribution in [0, 0.1) is 0 Å². The molecule has 2 rings (SSSR count). The average molecular weight is 363 g/mol. The summed E-state index contributed by atoms with van der Waals surface area (Å²) in [6, 6.07) is 4.42. The number of rotatable bonds is 5. The van der Waals surface area contributed by atoms with Crippen molar-refractivity contribution in [1.29, 1.82) is 0 Å². The zero-order valence-corrected chi connectivity index (χ0v) is 15.7. The molecule has 0 radical (unpaired) electrons. The summed E-state index contributed by atoms with van der Waals surface area (Å²) in [5.41, 5.74) is 0.629. The molecule has 0 bridgehead atoms. The van der Waals surface area contributed by atoms with E-state index in [2.05, 4.69) is 41.3 Å². The van der Waals surface area contributed by atoms with Gasteiger partial charge >= 0.3 is 0 Å². The van der Waals surface area contributed by atoms with Crippen molar-refractivity contribution in [3.05, 3.63) is 23.9 Å². The molecular formula is C16H28Cl2N4O. The molecule has 1 fully saturated rings. The number of amides is 1. The van der Waals surface area contributed by atoms with Gasteiger partial charge in [-0.25, -0.2) is 4.98 Å². The van der Waals surface area contributed by atoms with E-state index in [9.17, 15) is 4.79 Å². The summed E-state index contributed by atoms with van der Waals surface area (Å²) in [5, 5.41) is 6.36. The van der Waals surface area contributed by atoms with E-state index in [1.54, 1.807) is 6.20 Å². The Morgan fingerprint density at radius 1 is 1.43 bits per heavy atom. The number of carbonyl (C=O) groups is 1. The first kappa shape index (κ1) is 22.0. The van der Waals surface area contributed by atoms with E-state index in [-0.39, 0.29) is 36.8 Å². The Bertz CT molecular complexity index is 462. The van der Waals surface area contributed by atoms with E-state index < -0.39 is 0 Å². The largest absolute Gasteiger partial charge is 0.354 e. The lowest BCUT2D eigenvalue weighted by Crippen LogP contribution is -2.45. The van der Waals surface area contributed by atoms with Gasteiger partial charge in [0.15, 0.2) is 0 Å². The number of nitrogens with zero attached hydrogens (tertiary/aromatic N) is 2. The first-order valence-corrected chi connectivity index (χ1v) is 7.86. The number of pyridine rings is 1. The average Bonchev–Trinajstić information content (AvgIpc) is 2.49. The lowest BCUT2D eigenvalue weighted by molar-refractivity contribution is 0.0930. The highest BCUT2D eigenvalue weighted by molar-refractivity contribution is 5.94. The maximum absolute atomic E-state index is 12.2. The minimum absolute atomic E-state index is 0. The standard InChI is InChI=1S/C16H26N4O.2ClH/c1-4-20(12(2)3)15-8-7-13(10-18-15)16(21)19-14-6-5-9-17-11-14;;/h7-8,10,12,14,17H,4-6,9,11H2,1-3H3,(H,19,21);2*1H/t14-;;/m0../s1. The van der Waals surface area contributed by atoms with Gasteiger partial charge in [-0.15, -0.1) is 24.8 Å². The minimum Gasteiger partial charge on any atom is -0.354 e. The molecule has 0 spiro atoms. The van der Waals surface area contributed by atoms with Crippen molar-refractivity contribution in [1.82, 2.24) is 15.6 Å². The molecular weight excluding hydrogens is 335 g/mol. The number of hydrogen-bond donors (Lipinski definition) is 2. The van der Waals surface area contributed by atoms with Crippen molar-refractivity contribution in [2.24, 2.45) is 0 Å². The number of piperidine rings is 1. The van der Waals surface area contributed by atoms with Crippen molar-refractivity contribution >= 4 is 36.5 Å². The molecule has 1 aromatic heterocycles. The van der Waals surface area contributed by atoms with Crippen LogP contribution in [-0.4, -0.2) is 42.6 Å². The van der Waals surface area contributed by atoms with Gasteiger partial charge in [0.2, 0.25) is 0 Å². The number of anilines is 1. The highest BCUT2D eigenvalue weighted by Gasteiger charge is 2.17. The quantitative estimate of drug-likeness (QED) is 0.845. The predicted octanol–water partition coefficient (Wildman–Crippen LogP) is 2.64. The van der Waals surface area contributed by atoms with Crippen LogP contribution < -0.4 is 15.5 Å². The first-order valence-electron chi connectivity index (χ1n) is 7.86. The Morgan fingerprint density at radius 3 is 2.65 bits per heavy atom. The highest BCUT2D eigenvalue weighted by atomic mass is 35.5. The van der Waals surface area contributed by atoms with Crippen molar-refractivity contribution in [2.45, 2.75) is 45.7 Å². The fraction of sp³-hybridized carbons (Fsp3) is 0.625. The molecule has 0 saturated carbocycles. The zero-order valence-electron chi connectivity index (χ0n) is 14.0. The fourth-order valence-electron chi connectivity index (χ4n) is 2.73. The summed E-state index contributed by atoms with van der Waals surface area (Å²) in [5.74, 6) is 0.888. The molecule has 1 saturated heterocycles. The third-order valence-electron chi connectivity index (χ3n) is 3.90. The lowest BCUT2D eigenvalue weighted by atomic mass is 10.1. The summed E-state index contributed by atoms with van der Waals surface area (Å²) in [6.45, 7) is 9.20. The van der Waals surface area contributed by atoms with Gasteiger partial charge in [-0.3, -0.25) is 4.79 Å². The van der Waals surface area contributed by atoms with Crippen molar-refractivity contribution in [3.8, 4) is 0 Å². The molecule has 1 aliphatic heterocycles. The van der Waals surface area contributed by atoms with Crippen LogP contribution >= 0.6 is 24.8 Å². The van der Waals surface area contributed by atoms with Crippen LogP contribution in [0.3, 0.4) is 0 Å². The van der Waals surface area contributed by atoms with Gasteiger partial charge in [0.1, 0.15) is 5.82 Å². The Balaban J connectivity index is 0.00000242. The number of nitrogens with one attached hydrogen (secondary N) is 2. The molecule has 5 nitrogen and oxygen atoms in total. The van der Waals surface area contributed by atoms with Crippen molar-refractivity contribution < 1.29 is 4.79 Å². The highest BCUT2D eigenvalue weighted by Crippen LogP contribution is 2.14. The van der Waals surface area contributed by atoms with Crippen LogP contribution in [0.25, 0.3) is 0 Å². The van der Waals surface area contributed by atoms with Crippen molar-refractivity contribution in [3.63, 3.8) is 0 Å². The van der Waals surface area contributed by atoms with E-state index in [4.69, 9.17) is 0 Å². The number of hydrogen-bond acceptors (Lipinski definition) is 4.